The lowest BCUT2D eigenvalue weighted by Gasteiger charge is -2.22. The number of nitrogens with zero attached hydrogens (tertiary/aromatic N) is 1. The number of rotatable bonds is 6. The van der Waals surface area contributed by atoms with E-state index in [0.717, 1.165) is 37.7 Å². The Morgan fingerprint density at radius 2 is 1.67 bits per heavy atom. The molecular weight excluding hydrogens is 396 g/mol. The van der Waals surface area contributed by atoms with Crippen molar-refractivity contribution in [2.75, 3.05) is 13.1 Å². The molecule has 1 N–H and O–H groups in total. The first-order valence-corrected chi connectivity index (χ1v) is 12.3. The first-order chi connectivity index (χ1) is 14.3. The van der Waals surface area contributed by atoms with E-state index in [1.165, 1.54) is 11.6 Å². The maximum Gasteiger partial charge on any atom is 0.251 e. The van der Waals surface area contributed by atoms with Crippen LogP contribution in [0.25, 0.3) is 0 Å². The number of hydrogen-bond acceptors (Lipinski definition) is 3. The van der Waals surface area contributed by atoms with E-state index in [-0.39, 0.29) is 16.8 Å². The van der Waals surface area contributed by atoms with Gasteiger partial charge in [0.15, 0.2) is 0 Å². The first kappa shape index (κ1) is 22.5. The van der Waals surface area contributed by atoms with Gasteiger partial charge in [-0.2, -0.15) is 4.31 Å². The van der Waals surface area contributed by atoms with Crippen LogP contribution in [0.4, 0.5) is 0 Å². The maximum atomic E-state index is 13.2. The van der Waals surface area contributed by atoms with Gasteiger partial charge in [-0.25, -0.2) is 8.42 Å². The normalized spacial score (nSPS) is 16.6. The van der Waals surface area contributed by atoms with Crippen LogP contribution < -0.4 is 5.32 Å². The summed E-state index contributed by atoms with van der Waals surface area (Å²) in [5, 5.41) is 2.99. The Labute approximate surface area is 180 Å². The van der Waals surface area contributed by atoms with Crippen LogP contribution >= 0.6 is 0 Å². The van der Waals surface area contributed by atoms with Crippen molar-refractivity contribution in [2.24, 2.45) is 0 Å². The maximum absolute atomic E-state index is 13.2. The Morgan fingerprint density at radius 1 is 1.03 bits per heavy atom. The van der Waals surface area contributed by atoms with Crippen LogP contribution in [0.3, 0.4) is 0 Å². The predicted molar refractivity (Wildman–Crippen MR) is 120 cm³/mol. The van der Waals surface area contributed by atoms with Crippen LogP contribution in [0.2, 0.25) is 0 Å². The second-order valence-electron chi connectivity index (χ2n) is 8.09. The highest BCUT2D eigenvalue weighted by Gasteiger charge is 2.27. The van der Waals surface area contributed by atoms with E-state index in [9.17, 15) is 13.2 Å². The van der Waals surface area contributed by atoms with Gasteiger partial charge in [-0.1, -0.05) is 50.1 Å². The third-order valence-electron chi connectivity index (χ3n) is 5.87. The van der Waals surface area contributed by atoms with E-state index in [0.29, 0.717) is 24.2 Å². The van der Waals surface area contributed by atoms with Gasteiger partial charge >= 0.3 is 0 Å². The number of carbonyl (C=O) groups excluding carboxylic acids is 1. The van der Waals surface area contributed by atoms with Gasteiger partial charge in [-0.15, -0.1) is 0 Å². The number of sulfonamides is 1. The summed E-state index contributed by atoms with van der Waals surface area (Å²) >= 11 is 0. The van der Waals surface area contributed by atoms with Crippen molar-refractivity contribution >= 4 is 15.9 Å². The van der Waals surface area contributed by atoms with Crippen molar-refractivity contribution in [3.05, 3.63) is 64.7 Å². The fourth-order valence-electron chi connectivity index (χ4n) is 3.85. The zero-order chi connectivity index (χ0) is 21.7. The van der Waals surface area contributed by atoms with Crippen molar-refractivity contribution in [2.45, 2.75) is 63.8 Å². The third kappa shape index (κ3) is 5.10. The highest BCUT2D eigenvalue weighted by molar-refractivity contribution is 7.89. The van der Waals surface area contributed by atoms with E-state index >= 15 is 0 Å². The highest BCUT2D eigenvalue weighted by Crippen LogP contribution is 2.24. The van der Waals surface area contributed by atoms with Crippen LogP contribution in [-0.4, -0.2) is 31.7 Å². The largest absolute Gasteiger partial charge is 0.346 e. The fourth-order valence-corrected chi connectivity index (χ4v) is 5.61. The zero-order valence-electron chi connectivity index (χ0n) is 18.1. The van der Waals surface area contributed by atoms with Crippen molar-refractivity contribution in [3.63, 3.8) is 0 Å². The number of carbonyl (C=O) groups is 1. The van der Waals surface area contributed by atoms with Gasteiger partial charge in [0.05, 0.1) is 10.9 Å². The Morgan fingerprint density at radius 3 is 2.27 bits per heavy atom. The molecule has 3 rings (SSSR count). The second-order valence-corrected chi connectivity index (χ2v) is 10.00. The van der Waals surface area contributed by atoms with E-state index in [4.69, 9.17) is 0 Å². The molecule has 1 saturated heterocycles. The number of amides is 1. The lowest BCUT2D eigenvalue weighted by molar-refractivity contribution is 0.0939. The minimum atomic E-state index is -3.61. The summed E-state index contributed by atoms with van der Waals surface area (Å²) in [4.78, 5) is 13.1. The Hall–Kier alpha value is -2.18. The molecule has 1 atom stereocenters. The van der Waals surface area contributed by atoms with Crippen molar-refractivity contribution in [1.82, 2.24) is 9.62 Å². The molecule has 6 heteroatoms. The summed E-state index contributed by atoms with van der Waals surface area (Å²) in [6.45, 7) is 6.91. The minimum absolute atomic E-state index is 0.171. The van der Waals surface area contributed by atoms with E-state index in [1.807, 2.05) is 19.1 Å². The SMILES string of the molecule is CCc1ccc([C@H](C)NC(=O)c2ccc(C)c(S(=O)(=O)N3CCCCCC3)c2)cc1. The molecule has 1 aliphatic heterocycles. The summed E-state index contributed by atoms with van der Waals surface area (Å²) in [7, 11) is -3.61. The standard InChI is InChI=1S/C24H32N2O3S/c1-4-20-10-13-21(14-11-20)19(3)25-24(27)22-12-9-18(2)23(17-22)30(28,29)26-15-7-5-6-8-16-26/h9-14,17,19H,4-8,15-16H2,1-3H3,(H,25,27)/t19-/m0/s1. The van der Waals surface area contributed by atoms with Crippen LogP contribution in [0.15, 0.2) is 47.4 Å². The van der Waals surface area contributed by atoms with Crippen molar-refractivity contribution < 1.29 is 13.2 Å². The zero-order valence-corrected chi connectivity index (χ0v) is 19.0. The molecule has 0 aliphatic carbocycles. The molecule has 0 bridgehead atoms. The van der Waals surface area contributed by atoms with E-state index in [2.05, 4.69) is 24.4 Å². The van der Waals surface area contributed by atoms with E-state index < -0.39 is 10.0 Å². The summed E-state index contributed by atoms with van der Waals surface area (Å²) in [5.41, 5.74) is 3.30. The average molecular weight is 429 g/mol. The van der Waals surface area contributed by atoms with Gasteiger partial charge in [0.2, 0.25) is 10.0 Å². The monoisotopic (exact) mass is 428 g/mol. The van der Waals surface area contributed by atoms with Crippen molar-refractivity contribution in [3.8, 4) is 0 Å². The summed E-state index contributed by atoms with van der Waals surface area (Å²) in [5.74, 6) is -0.269. The van der Waals surface area contributed by atoms with Gasteiger partial charge in [0.1, 0.15) is 0 Å². The smallest absolute Gasteiger partial charge is 0.251 e. The molecular formula is C24H32N2O3S. The van der Waals surface area contributed by atoms with Gasteiger partial charge in [-0.3, -0.25) is 4.79 Å². The Kier molecular flexibility index (Phi) is 7.32. The molecule has 0 radical (unpaired) electrons. The lowest BCUT2D eigenvalue weighted by Crippen LogP contribution is -2.33. The van der Waals surface area contributed by atoms with Gasteiger partial charge in [-0.05, 0) is 61.9 Å². The molecule has 2 aromatic carbocycles. The van der Waals surface area contributed by atoms with Gasteiger partial charge < -0.3 is 5.32 Å². The number of aryl methyl sites for hydroxylation is 2. The predicted octanol–water partition coefficient (Wildman–Crippen LogP) is 4.61. The molecule has 30 heavy (non-hydrogen) atoms. The molecule has 2 aromatic rings. The highest BCUT2D eigenvalue weighted by atomic mass is 32.2. The van der Waals surface area contributed by atoms with E-state index in [1.54, 1.807) is 23.4 Å². The molecule has 1 fully saturated rings. The molecule has 0 spiro atoms. The van der Waals surface area contributed by atoms with Crippen LogP contribution in [0, 0.1) is 6.92 Å². The average Bonchev–Trinajstić information content (AvgIpc) is 3.04. The summed E-state index contributed by atoms with van der Waals surface area (Å²) < 4.78 is 28.0. The second kappa shape index (κ2) is 9.75. The summed E-state index contributed by atoms with van der Waals surface area (Å²) in [6.07, 6.45) is 4.85. The molecule has 1 amide bonds. The fraction of sp³-hybridized carbons (Fsp3) is 0.458. The first-order valence-electron chi connectivity index (χ1n) is 10.8. The molecule has 0 aromatic heterocycles. The minimum Gasteiger partial charge on any atom is -0.346 e. The molecule has 0 saturated carbocycles. The molecule has 5 nitrogen and oxygen atoms in total. The molecule has 1 heterocycles. The number of hydrogen-bond donors (Lipinski definition) is 1. The van der Waals surface area contributed by atoms with Crippen LogP contribution in [-0.2, 0) is 16.4 Å². The quantitative estimate of drug-likeness (QED) is 0.730. The third-order valence-corrected chi connectivity index (χ3v) is 7.91. The van der Waals surface area contributed by atoms with Gasteiger partial charge in [0.25, 0.3) is 5.91 Å². The topological polar surface area (TPSA) is 66.5 Å². The van der Waals surface area contributed by atoms with Crippen LogP contribution in [0.1, 0.15) is 72.6 Å². The Bertz CT molecular complexity index is 976. The van der Waals surface area contributed by atoms with Crippen molar-refractivity contribution in [1.29, 1.82) is 0 Å². The van der Waals surface area contributed by atoms with Gasteiger partial charge in [0, 0.05) is 18.7 Å². The molecule has 162 valence electrons. The summed E-state index contributed by atoms with van der Waals surface area (Å²) in [6, 6.07) is 12.9. The Balaban J connectivity index is 1.80. The number of benzene rings is 2. The molecule has 0 unspecified atom stereocenters. The number of nitrogens with one attached hydrogen (secondary N) is 1. The lowest BCUT2D eigenvalue weighted by atomic mass is 10.0. The van der Waals surface area contributed by atoms with Crippen LogP contribution in [0.5, 0.6) is 0 Å². The molecule has 1 aliphatic rings.